The molecule has 0 saturated carbocycles. The van der Waals surface area contributed by atoms with Crippen molar-refractivity contribution in [3.05, 3.63) is 24.2 Å². The molecule has 0 fully saturated rings. The van der Waals surface area contributed by atoms with E-state index in [1.807, 2.05) is 19.1 Å². The number of nitrogens with one attached hydrogen (secondary N) is 1. The summed E-state index contributed by atoms with van der Waals surface area (Å²) in [6.45, 7) is 5.33. The van der Waals surface area contributed by atoms with Gasteiger partial charge in [-0.2, -0.15) is 0 Å². The van der Waals surface area contributed by atoms with Crippen molar-refractivity contribution in [2.75, 3.05) is 26.9 Å². The lowest BCUT2D eigenvalue weighted by Gasteiger charge is -2.18. The summed E-state index contributed by atoms with van der Waals surface area (Å²) in [5.41, 5.74) is 0. The van der Waals surface area contributed by atoms with E-state index >= 15 is 0 Å². The largest absolute Gasteiger partial charge is 0.469 e. The van der Waals surface area contributed by atoms with Crippen LogP contribution in [-0.4, -0.2) is 50.2 Å². The third-order valence-corrected chi connectivity index (χ3v) is 2.76. The van der Waals surface area contributed by atoms with Crippen LogP contribution in [0.2, 0.25) is 0 Å². The number of methoxy groups -OCH3 is 1. The fourth-order valence-corrected chi connectivity index (χ4v) is 1.76. The highest BCUT2D eigenvalue weighted by atomic mass is 16.5. The molecule has 0 aromatic carbocycles. The van der Waals surface area contributed by atoms with Crippen molar-refractivity contribution in [3.8, 4) is 0 Å². The fraction of sp³-hybridized carbons (Fsp3) is 0.714. The number of furan rings is 1. The van der Waals surface area contributed by atoms with Gasteiger partial charge in [-0.3, -0.25) is 0 Å². The Morgan fingerprint density at radius 1 is 1.37 bits per heavy atom. The van der Waals surface area contributed by atoms with Gasteiger partial charge in [0, 0.05) is 26.1 Å². The number of rotatable bonds is 10. The summed E-state index contributed by atoms with van der Waals surface area (Å²) in [7, 11) is 1.63. The molecular weight excluding hydrogens is 246 g/mol. The Kier molecular flexibility index (Phi) is 7.74. The van der Waals surface area contributed by atoms with Gasteiger partial charge in [-0.05, 0) is 26.0 Å². The van der Waals surface area contributed by atoms with Gasteiger partial charge in [0.05, 0.1) is 31.7 Å². The zero-order chi connectivity index (χ0) is 14.1. The van der Waals surface area contributed by atoms with Crippen LogP contribution in [0.1, 0.15) is 19.6 Å². The number of hydrogen-bond acceptors (Lipinski definition) is 5. The third kappa shape index (κ3) is 7.32. The van der Waals surface area contributed by atoms with E-state index in [-0.39, 0.29) is 12.1 Å². The van der Waals surface area contributed by atoms with Gasteiger partial charge >= 0.3 is 0 Å². The zero-order valence-corrected chi connectivity index (χ0v) is 12.0. The molecule has 0 amide bonds. The van der Waals surface area contributed by atoms with Crippen LogP contribution in [0.3, 0.4) is 0 Å². The first-order chi connectivity index (χ1) is 9.11. The van der Waals surface area contributed by atoms with Gasteiger partial charge in [0.15, 0.2) is 0 Å². The van der Waals surface area contributed by atoms with Gasteiger partial charge in [-0.25, -0.2) is 0 Å². The van der Waals surface area contributed by atoms with Gasteiger partial charge in [0.25, 0.3) is 0 Å². The van der Waals surface area contributed by atoms with Gasteiger partial charge < -0.3 is 24.3 Å². The second-order valence-corrected chi connectivity index (χ2v) is 4.85. The van der Waals surface area contributed by atoms with Crippen molar-refractivity contribution >= 4 is 0 Å². The Labute approximate surface area is 114 Å². The first-order valence-electron chi connectivity index (χ1n) is 6.66. The van der Waals surface area contributed by atoms with Crippen LogP contribution in [0.25, 0.3) is 0 Å². The monoisotopic (exact) mass is 271 g/mol. The molecule has 2 N–H and O–H groups in total. The molecule has 19 heavy (non-hydrogen) atoms. The van der Waals surface area contributed by atoms with Crippen molar-refractivity contribution in [2.24, 2.45) is 0 Å². The molecule has 110 valence electrons. The number of aliphatic hydroxyl groups excluding tert-OH is 1. The third-order valence-electron chi connectivity index (χ3n) is 2.76. The van der Waals surface area contributed by atoms with E-state index in [0.29, 0.717) is 19.8 Å². The Bertz CT molecular complexity index is 315. The van der Waals surface area contributed by atoms with Crippen molar-refractivity contribution in [1.82, 2.24) is 5.32 Å². The van der Waals surface area contributed by atoms with Gasteiger partial charge in [-0.1, -0.05) is 0 Å². The molecule has 0 aliphatic rings. The minimum Gasteiger partial charge on any atom is -0.469 e. The van der Waals surface area contributed by atoms with Crippen molar-refractivity contribution in [2.45, 2.75) is 38.5 Å². The Hall–Kier alpha value is -0.880. The number of hydrogen-bond donors (Lipinski definition) is 2. The quantitative estimate of drug-likeness (QED) is 0.670. The highest BCUT2D eigenvalue weighted by Crippen LogP contribution is 2.03. The molecule has 1 aromatic heterocycles. The summed E-state index contributed by atoms with van der Waals surface area (Å²) in [6, 6.07) is 4.07. The van der Waals surface area contributed by atoms with Crippen LogP contribution >= 0.6 is 0 Å². The van der Waals surface area contributed by atoms with Gasteiger partial charge in [0.1, 0.15) is 5.76 Å². The first kappa shape index (κ1) is 16.2. The summed E-state index contributed by atoms with van der Waals surface area (Å²) in [5.74, 6) is 0.944. The topological polar surface area (TPSA) is 63.9 Å². The van der Waals surface area contributed by atoms with E-state index in [1.54, 1.807) is 13.4 Å². The predicted octanol–water partition coefficient (Wildman–Crippen LogP) is 1.21. The second kappa shape index (κ2) is 9.09. The summed E-state index contributed by atoms with van der Waals surface area (Å²) < 4.78 is 15.7. The summed E-state index contributed by atoms with van der Waals surface area (Å²) >= 11 is 0. The maximum atomic E-state index is 9.79. The molecule has 3 atom stereocenters. The minimum absolute atomic E-state index is 0.000178. The average molecular weight is 271 g/mol. The van der Waals surface area contributed by atoms with E-state index in [0.717, 1.165) is 12.2 Å². The Morgan fingerprint density at radius 2 is 2.16 bits per heavy atom. The van der Waals surface area contributed by atoms with E-state index in [9.17, 15) is 5.11 Å². The SMILES string of the molecule is COCC(C)OCC(O)CNC(C)Cc1ccco1. The second-order valence-electron chi connectivity index (χ2n) is 4.85. The zero-order valence-electron chi connectivity index (χ0n) is 12.0. The molecule has 0 spiro atoms. The van der Waals surface area contributed by atoms with Crippen LogP contribution in [0.15, 0.2) is 22.8 Å². The van der Waals surface area contributed by atoms with Crippen LogP contribution < -0.4 is 5.32 Å². The number of ether oxygens (including phenoxy) is 2. The van der Waals surface area contributed by atoms with Gasteiger partial charge in [0.2, 0.25) is 0 Å². The number of aliphatic hydroxyl groups is 1. The van der Waals surface area contributed by atoms with Crippen molar-refractivity contribution in [3.63, 3.8) is 0 Å². The van der Waals surface area contributed by atoms with Crippen LogP contribution in [-0.2, 0) is 15.9 Å². The molecule has 1 heterocycles. The molecular formula is C14H25NO4. The van der Waals surface area contributed by atoms with E-state index < -0.39 is 6.10 Å². The fourth-order valence-electron chi connectivity index (χ4n) is 1.76. The van der Waals surface area contributed by atoms with Crippen molar-refractivity contribution in [1.29, 1.82) is 0 Å². The van der Waals surface area contributed by atoms with E-state index in [4.69, 9.17) is 13.9 Å². The van der Waals surface area contributed by atoms with Gasteiger partial charge in [-0.15, -0.1) is 0 Å². The highest BCUT2D eigenvalue weighted by molar-refractivity contribution is 4.99. The maximum Gasteiger partial charge on any atom is 0.105 e. The molecule has 5 heteroatoms. The standard InChI is InChI=1S/C14H25NO4/c1-11(7-14-5-4-6-18-14)15-8-13(16)10-19-12(2)9-17-3/h4-6,11-13,15-16H,7-10H2,1-3H3. The Balaban J connectivity index is 2.10. The lowest BCUT2D eigenvalue weighted by molar-refractivity contribution is -0.0315. The molecule has 3 unspecified atom stereocenters. The predicted molar refractivity (Wildman–Crippen MR) is 73.2 cm³/mol. The normalized spacial score (nSPS) is 16.2. The molecule has 0 aliphatic heterocycles. The molecule has 5 nitrogen and oxygen atoms in total. The van der Waals surface area contributed by atoms with Crippen molar-refractivity contribution < 1.29 is 19.0 Å². The summed E-state index contributed by atoms with van der Waals surface area (Å²) in [4.78, 5) is 0. The summed E-state index contributed by atoms with van der Waals surface area (Å²) in [5, 5.41) is 13.0. The summed E-state index contributed by atoms with van der Waals surface area (Å²) in [6.07, 6.45) is 1.96. The smallest absolute Gasteiger partial charge is 0.105 e. The molecule has 1 rings (SSSR count). The van der Waals surface area contributed by atoms with E-state index in [2.05, 4.69) is 12.2 Å². The first-order valence-corrected chi connectivity index (χ1v) is 6.66. The van der Waals surface area contributed by atoms with Crippen LogP contribution in [0, 0.1) is 0 Å². The van der Waals surface area contributed by atoms with Crippen LogP contribution in [0.4, 0.5) is 0 Å². The lowest BCUT2D eigenvalue weighted by atomic mass is 10.2. The maximum absolute atomic E-state index is 9.79. The van der Waals surface area contributed by atoms with Crippen LogP contribution in [0.5, 0.6) is 0 Å². The average Bonchev–Trinajstić information content (AvgIpc) is 2.87. The molecule has 0 bridgehead atoms. The molecule has 0 radical (unpaired) electrons. The minimum atomic E-state index is -0.515. The molecule has 0 saturated heterocycles. The molecule has 1 aromatic rings. The molecule has 0 aliphatic carbocycles. The lowest BCUT2D eigenvalue weighted by Crippen LogP contribution is -2.37. The Morgan fingerprint density at radius 3 is 2.79 bits per heavy atom. The van der Waals surface area contributed by atoms with E-state index in [1.165, 1.54) is 0 Å². The highest BCUT2D eigenvalue weighted by Gasteiger charge is 2.10.